The van der Waals surface area contributed by atoms with Gasteiger partial charge in [-0.2, -0.15) is 0 Å². The van der Waals surface area contributed by atoms with Crippen molar-refractivity contribution < 1.29 is 8.78 Å². The van der Waals surface area contributed by atoms with Gasteiger partial charge < -0.3 is 0 Å². The summed E-state index contributed by atoms with van der Waals surface area (Å²) >= 11 is 5.86. The maximum Gasteiger partial charge on any atom is 0.150 e. The van der Waals surface area contributed by atoms with Gasteiger partial charge in [-0.15, -0.1) is 11.6 Å². The highest BCUT2D eigenvalue weighted by atomic mass is 35.5. The van der Waals surface area contributed by atoms with Crippen LogP contribution in [0.15, 0.2) is 42.5 Å². The molecule has 0 radical (unpaired) electrons. The van der Waals surface area contributed by atoms with E-state index in [0.717, 1.165) is 17.1 Å². The van der Waals surface area contributed by atoms with Crippen molar-refractivity contribution in [2.45, 2.75) is 5.88 Å². The number of hydrogen-bond donors (Lipinski definition) is 0. The molecule has 0 aliphatic rings. The lowest BCUT2D eigenvalue weighted by molar-refractivity contribution is 0.577. The number of alkyl halides is 1. The molecule has 2 nitrogen and oxygen atoms in total. The van der Waals surface area contributed by atoms with Gasteiger partial charge in [0.2, 0.25) is 0 Å². The van der Waals surface area contributed by atoms with Crippen LogP contribution < -0.4 is 0 Å². The summed E-state index contributed by atoms with van der Waals surface area (Å²) in [7, 11) is 0. The SMILES string of the molecule is Fc1ccc(-n2c(CCl)nc3ccccc32)c(F)c1. The molecule has 0 fully saturated rings. The van der Waals surface area contributed by atoms with Gasteiger partial charge in [-0.3, -0.25) is 4.57 Å². The molecule has 96 valence electrons. The molecular formula is C14H9ClF2N2. The first-order valence-corrected chi connectivity index (χ1v) is 6.22. The van der Waals surface area contributed by atoms with Crippen LogP contribution in [0.3, 0.4) is 0 Å². The van der Waals surface area contributed by atoms with Crippen LogP contribution in [-0.4, -0.2) is 9.55 Å². The molecule has 0 aliphatic carbocycles. The molecule has 0 spiro atoms. The summed E-state index contributed by atoms with van der Waals surface area (Å²) < 4.78 is 28.5. The highest BCUT2D eigenvalue weighted by Gasteiger charge is 2.14. The molecule has 1 aromatic heterocycles. The van der Waals surface area contributed by atoms with Crippen molar-refractivity contribution in [3.05, 3.63) is 59.9 Å². The van der Waals surface area contributed by atoms with E-state index >= 15 is 0 Å². The molecule has 3 rings (SSSR count). The van der Waals surface area contributed by atoms with E-state index in [1.54, 1.807) is 4.57 Å². The van der Waals surface area contributed by atoms with Crippen LogP contribution in [0.25, 0.3) is 16.7 Å². The number of aromatic nitrogens is 2. The zero-order chi connectivity index (χ0) is 13.4. The van der Waals surface area contributed by atoms with Gasteiger partial charge >= 0.3 is 0 Å². The van der Waals surface area contributed by atoms with E-state index < -0.39 is 11.6 Å². The van der Waals surface area contributed by atoms with Crippen molar-refractivity contribution in [3.8, 4) is 5.69 Å². The zero-order valence-electron chi connectivity index (χ0n) is 9.78. The molecule has 0 saturated heterocycles. The third-order valence-corrected chi connectivity index (χ3v) is 3.14. The Hall–Kier alpha value is -1.94. The molecule has 0 unspecified atom stereocenters. The Morgan fingerprint density at radius 1 is 1.11 bits per heavy atom. The molecule has 19 heavy (non-hydrogen) atoms. The standard InChI is InChI=1S/C14H9ClF2N2/c15-8-14-18-11-3-1-2-4-13(11)19(14)12-6-5-9(16)7-10(12)17/h1-7H,8H2. The average molecular weight is 279 g/mol. The molecule has 5 heteroatoms. The van der Waals surface area contributed by atoms with E-state index in [0.29, 0.717) is 5.82 Å². The van der Waals surface area contributed by atoms with Crippen molar-refractivity contribution in [2.24, 2.45) is 0 Å². The van der Waals surface area contributed by atoms with E-state index in [1.807, 2.05) is 24.3 Å². The van der Waals surface area contributed by atoms with Crippen LogP contribution >= 0.6 is 11.6 Å². The Morgan fingerprint density at radius 2 is 1.89 bits per heavy atom. The van der Waals surface area contributed by atoms with Gasteiger partial charge in [0.05, 0.1) is 22.6 Å². The van der Waals surface area contributed by atoms with E-state index in [4.69, 9.17) is 11.6 Å². The van der Waals surface area contributed by atoms with Gasteiger partial charge in [0.1, 0.15) is 17.5 Å². The fraction of sp³-hybridized carbons (Fsp3) is 0.0714. The second-order valence-corrected chi connectivity index (χ2v) is 4.35. The van der Waals surface area contributed by atoms with Gasteiger partial charge in [-0.1, -0.05) is 12.1 Å². The minimum Gasteiger partial charge on any atom is -0.292 e. The Bertz CT molecular complexity index is 752. The largest absolute Gasteiger partial charge is 0.292 e. The molecule has 0 saturated carbocycles. The first-order chi connectivity index (χ1) is 9.20. The Kier molecular flexibility index (Phi) is 2.95. The third-order valence-electron chi connectivity index (χ3n) is 2.90. The predicted octanol–water partition coefficient (Wildman–Crippen LogP) is 4.04. The number of benzene rings is 2. The van der Waals surface area contributed by atoms with E-state index in [1.165, 1.54) is 12.1 Å². The number of halogens is 3. The number of para-hydroxylation sites is 2. The minimum absolute atomic E-state index is 0.144. The van der Waals surface area contributed by atoms with Crippen molar-refractivity contribution >= 4 is 22.6 Å². The lowest BCUT2D eigenvalue weighted by atomic mass is 10.2. The summed E-state index contributed by atoms with van der Waals surface area (Å²) in [6.45, 7) is 0. The van der Waals surface area contributed by atoms with Crippen LogP contribution in [0, 0.1) is 11.6 Å². The topological polar surface area (TPSA) is 17.8 Å². The average Bonchev–Trinajstić information content (AvgIpc) is 2.77. The Labute approximate surface area is 113 Å². The molecule has 3 aromatic rings. The summed E-state index contributed by atoms with van der Waals surface area (Å²) in [5.74, 6) is -0.591. The normalized spacial score (nSPS) is 11.1. The van der Waals surface area contributed by atoms with E-state index in [-0.39, 0.29) is 11.6 Å². The quantitative estimate of drug-likeness (QED) is 0.647. The van der Waals surface area contributed by atoms with Crippen molar-refractivity contribution in [2.75, 3.05) is 0 Å². The lowest BCUT2D eigenvalue weighted by Gasteiger charge is -2.08. The maximum atomic E-state index is 13.9. The summed E-state index contributed by atoms with van der Waals surface area (Å²) in [6, 6.07) is 10.8. The van der Waals surface area contributed by atoms with Crippen LogP contribution in [-0.2, 0) is 5.88 Å². The van der Waals surface area contributed by atoms with E-state index in [2.05, 4.69) is 4.98 Å². The van der Waals surface area contributed by atoms with Crippen molar-refractivity contribution in [1.29, 1.82) is 0 Å². The smallest absolute Gasteiger partial charge is 0.150 e. The first kappa shape index (κ1) is 12.1. The van der Waals surface area contributed by atoms with Gasteiger partial charge in [0.25, 0.3) is 0 Å². The molecule has 0 N–H and O–H groups in total. The summed E-state index contributed by atoms with van der Waals surface area (Å²) in [6.07, 6.45) is 0. The second kappa shape index (κ2) is 4.63. The van der Waals surface area contributed by atoms with Crippen molar-refractivity contribution in [1.82, 2.24) is 9.55 Å². The number of nitrogens with zero attached hydrogens (tertiary/aromatic N) is 2. The number of hydrogen-bond acceptors (Lipinski definition) is 1. The van der Waals surface area contributed by atoms with Crippen LogP contribution in [0.1, 0.15) is 5.82 Å². The van der Waals surface area contributed by atoms with Crippen molar-refractivity contribution in [3.63, 3.8) is 0 Å². The molecular weight excluding hydrogens is 270 g/mol. The van der Waals surface area contributed by atoms with Crippen LogP contribution in [0.2, 0.25) is 0 Å². The van der Waals surface area contributed by atoms with Gasteiger partial charge in [-0.25, -0.2) is 13.8 Å². The summed E-state index contributed by atoms with van der Waals surface area (Å²) in [5, 5.41) is 0. The predicted molar refractivity (Wildman–Crippen MR) is 70.5 cm³/mol. The molecule has 0 atom stereocenters. The molecule has 0 bridgehead atoms. The Balaban J connectivity index is 2.34. The summed E-state index contributed by atoms with van der Waals surface area (Å²) in [5.41, 5.74) is 1.70. The number of fused-ring (bicyclic) bond motifs is 1. The second-order valence-electron chi connectivity index (χ2n) is 4.08. The first-order valence-electron chi connectivity index (χ1n) is 5.68. The molecule has 0 amide bonds. The monoisotopic (exact) mass is 278 g/mol. The zero-order valence-corrected chi connectivity index (χ0v) is 10.5. The molecule has 1 heterocycles. The number of imidazole rings is 1. The van der Waals surface area contributed by atoms with E-state index in [9.17, 15) is 8.78 Å². The third kappa shape index (κ3) is 1.98. The number of rotatable bonds is 2. The summed E-state index contributed by atoms with van der Waals surface area (Å²) in [4.78, 5) is 4.34. The highest BCUT2D eigenvalue weighted by molar-refractivity contribution is 6.17. The van der Waals surface area contributed by atoms with Crippen LogP contribution in [0.4, 0.5) is 8.78 Å². The molecule has 0 aliphatic heterocycles. The minimum atomic E-state index is -0.644. The fourth-order valence-corrected chi connectivity index (χ4v) is 2.28. The fourth-order valence-electron chi connectivity index (χ4n) is 2.10. The Morgan fingerprint density at radius 3 is 2.63 bits per heavy atom. The lowest BCUT2D eigenvalue weighted by Crippen LogP contribution is -2.02. The van der Waals surface area contributed by atoms with Gasteiger partial charge in [0.15, 0.2) is 0 Å². The maximum absolute atomic E-state index is 13.9. The van der Waals surface area contributed by atoms with Crippen LogP contribution in [0.5, 0.6) is 0 Å². The highest BCUT2D eigenvalue weighted by Crippen LogP contribution is 2.24. The van der Waals surface area contributed by atoms with Gasteiger partial charge in [-0.05, 0) is 24.3 Å². The van der Waals surface area contributed by atoms with Gasteiger partial charge in [0, 0.05) is 6.07 Å². The molecule has 2 aromatic carbocycles.